The lowest BCUT2D eigenvalue weighted by atomic mass is 9.98. The molecule has 1 nitrogen and oxygen atoms in total. The normalized spacial score (nSPS) is 10.8. The first-order chi connectivity index (χ1) is 10.1. The summed E-state index contributed by atoms with van der Waals surface area (Å²) in [5, 5.41) is 2.30. The molecule has 3 heteroatoms. The van der Waals surface area contributed by atoms with E-state index >= 15 is 0 Å². The van der Waals surface area contributed by atoms with Gasteiger partial charge in [0.25, 0.3) is 0 Å². The Morgan fingerprint density at radius 2 is 1.67 bits per heavy atom. The van der Waals surface area contributed by atoms with Gasteiger partial charge in [-0.25, -0.2) is 0 Å². The van der Waals surface area contributed by atoms with E-state index in [1.165, 1.54) is 0 Å². The quantitative estimate of drug-likeness (QED) is 0.505. The highest BCUT2D eigenvalue weighted by Gasteiger charge is 2.12. The second kappa shape index (κ2) is 6.12. The van der Waals surface area contributed by atoms with Gasteiger partial charge in [0.05, 0.1) is 0 Å². The molecule has 0 fully saturated rings. The van der Waals surface area contributed by atoms with Crippen molar-refractivity contribution in [3.8, 4) is 0 Å². The van der Waals surface area contributed by atoms with E-state index in [0.717, 1.165) is 25.3 Å². The SMILES string of the molecule is O=C(Cc1cccc2ccccc12)c1ccc(Br)cc1Br. The van der Waals surface area contributed by atoms with Crippen LogP contribution in [0.4, 0.5) is 0 Å². The van der Waals surface area contributed by atoms with Crippen molar-refractivity contribution in [1.29, 1.82) is 0 Å². The van der Waals surface area contributed by atoms with Crippen molar-refractivity contribution in [2.24, 2.45) is 0 Å². The highest BCUT2D eigenvalue weighted by molar-refractivity contribution is 9.11. The first-order valence-electron chi connectivity index (χ1n) is 6.60. The Bertz CT molecular complexity index is 819. The number of ketones is 1. The first-order valence-corrected chi connectivity index (χ1v) is 8.18. The van der Waals surface area contributed by atoms with E-state index in [0.29, 0.717) is 12.0 Å². The smallest absolute Gasteiger partial charge is 0.168 e. The van der Waals surface area contributed by atoms with Crippen LogP contribution in [0.5, 0.6) is 0 Å². The third-order valence-corrected chi connectivity index (χ3v) is 4.61. The van der Waals surface area contributed by atoms with Gasteiger partial charge in [0.15, 0.2) is 5.78 Å². The molecule has 0 spiro atoms. The van der Waals surface area contributed by atoms with Gasteiger partial charge in [-0.15, -0.1) is 0 Å². The number of fused-ring (bicyclic) bond motifs is 1. The second-order valence-corrected chi connectivity index (χ2v) is 6.63. The van der Waals surface area contributed by atoms with Crippen LogP contribution in [0.2, 0.25) is 0 Å². The number of halogens is 2. The number of carbonyl (C=O) groups excluding carboxylic acids is 1. The molecule has 0 radical (unpaired) electrons. The fourth-order valence-electron chi connectivity index (χ4n) is 2.43. The lowest BCUT2D eigenvalue weighted by molar-refractivity contribution is 0.0992. The molecule has 0 atom stereocenters. The van der Waals surface area contributed by atoms with Crippen molar-refractivity contribution in [3.05, 3.63) is 80.7 Å². The Hall–Kier alpha value is -1.45. The summed E-state index contributed by atoms with van der Waals surface area (Å²) in [5.74, 6) is 0.116. The molecule has 3 aromatic rings. The molecule has 0 N–H and O–H groups in total. The number of benzene rings is 3. The standard InChI is InChI=1S/C18H12Br2O/c19-14-8-9-16(17(20)11-14)18(21)10-13-6-3-5-12-4-1-2-7-15(12)13/h1-9,11H,10H2. The van der Waals surface area contributed by atoms with Gasteiger partial charge in [0, 0.05) is 20.9 Å². The van der Waals surface area contributed by atoms with E-state index in [1.54, 1.807) is 0 Å². The Morgan fingerprint density at radius 3 is 2.48 bits per heavy atom. The minimum absolute atomic E-state index is 0.116. The molecule has 3 aromatic carbocycles. The number of hydrogen-bond donors (Lipinski definition) is 0. The van der Waals surface area contributed by atoms with Crippen LogP contribution in [-0.4, -0.2) is 5.78 Å². The molecular weight excluding hydrogens is 392 g/mol. The minimum atomic E-state index is 0.116. The molecule has 21 heavy (non-hydrogen) atoms. The lowest BCUT2D eigenvalue weighted by Gasteiger charge is -2.07. The van der Waals surface area contributed by atoms with Crippen LogP contribution in [-0.2, 0) is 6.42 Å². The third kappa shape index (κ3) is 3.09. The van der Waals surface area contributed by atoms with Crippen molar-refractivity contribution in [1.82, 2.24) is 0 Å². The highest BCUT2D eigenvalue weighted by Crippen LogP contribution is 2.25. The zero-order chi connectivity index (χ0) is 14.8. The largest absolute Gasteiger partial charge is 0.294 e. The summed E-state index contributed by atoms with van der Waals surface area (Å²) in [5.41, 5.74) is 1.78. The van der Waals surface area contributed by atoms with Crippen LogP contribution < -0.4 is 0 Å². The van der Waals surface area contributed by atoms with Gasteiger partial charge in [-0.2, -0.15) is 0 Å². The van der Waals surface area contributed by atoms with Gasteiger partial charge in [0.2, 0.25) is 0 Å². The topological polar surface area (TPSA) is 17.1 Å². The zero-order valence-corrected chi connectivity index (χ0v) is 14.3. The fraction of sp³-hybridized carbons (Fsp3) is 0.0556. The van der Waals surface area contributed by atoms with Crippen molar-refractivity contribution in [3.63, 3.8) is 0 Å². The van der Waals surface area contributed by atoms with Crippen molar-refractivity contribution >= 4 is 48.4 Å². The predicted molar refractivity (Wildman–Crippen MR) is 93.8 cm³/mol. The van der Waals surface area contributed by atoms with Crippen molar-refractivity contribution in [2.45, 2.75) is 6.42 Å². The van der Waals surface area contributed by atoms with Crippen molar-refractivity contribution in [2.75, 3.05) is 0 Å². The molecule has 3 rings (SSSR count). The van der Waals surface area contributed by atoms with Crippen LogP contribution in [0.3, 0.4) is 0 Å². The monoisotopic (exact) mass is 402 g/mol. The van der Waals surface area contributed by atoms with Crippen LogP contribution in [0.25, 0.3) is 10.8 Å². The lowest BCUT2D eigenvalue weighted by Crippen LogP contribution is -2.05. The molecule has 0 saturated heterocycles. The van der Waals surface area contributed by atoms with E-state index in [2.05, 4.69) is 50.1 Å². The number of Topliss-reactive ketones (excluding diaryl/α,β-unsaturated/α-hetero) is 1. The second-order valence-electron chi connectivity index (χ2n) is 4.86. The van der Waals surface area contributed by atoms with Crippen LogP contribution in [0.15, 0.2) is 69.6 Å². The average Bonchev–Trinajstić information content (AvgIpc) is 2.47. The summed E-state index contributed by atoms with van der Waals surface area (Å²) in [6.07, 6.45) is 0.404. The van der Waals surface area contributed by atoms with E-state index in [-0.39, 0.29) is 5.78 Å². The van der Waals surface area contributed by atoms with E-state index in [1.807, 2.05) is 42.5 Å². The molecular formula is C18H12Br2O. The average molecular weight is 404 g/mol. The summed E-state index contributed by atoms with van der Waals surface area (Å²) >= 11 is 6.86. The molecule has 0 heterocycles. The van der Waals surface area contributed by atoms with Gasteiger partial charge < -0.3 is 0 Å². The first kappa shape index (κ1) is 14.5. The Labute approximate surface area is 140 Å². The number of rotatable bonds is 3. The summed E-state index contributed by atoms with van der Waals surface area (Å²) < 4.78 is 1.78. The van der Waals surface area contributed by atoms with E-state index in [4.69, 9.17) is 0 Å². The summed E-state index contributed by atoms with van der Waals surface area (Å²) in [6, 6.07) is 19.9. The molecule has 0 saturated carbocycles. The van der Waals surface area contributed by atoms with Gasteiger partial charge in [-0.1, -0.05) is 74.3 Å². The summed E-state index contributed by atoms with van der Waals surface area (Å²) in [7, 11) is 0. The van der Waals surface area contributed by atoms with Crippen molar-refractivity contribution < 1.29 is 4.79 Å². The van der Waals surface area contributed by atoms with Gasteiger partial charge in [-0.3, -0.25) is 4.79 Å². The fourth-order valence-corrected chi connectivity index (χ4v) is 3.70. The Kier molecular flexibility index (Phi) is 4.22. The van der Waals surface area contributed by atoms with Crippen LogP contribution >= 0.6 is 31.9 Å². The molecule has 0 bridgehead atoms. The maximum atomic E-state index is 12.5. The summed E-state index contributed by atoms with van der Waals surface area (Å²) in [6.45, 7) is 0. The minimum Gasteiger partial charge on any atom is -0.294 e. The Morgan fingerprint density at radius 1 is 0.905 bits per heavy atom. The van der Waals surface area contributed by atoms with Gasteiger partial charge >= 0.3 is 0 Å². The number of carbonyl (C=O) groups is 1. The van der Waals surface area contributed by atoms with Gasteiger partial charge in [-0.05, 0) is 34.5 Å². The van der Waals surface area contributed by atoms with E-state index < -0.39 is 0 Å². The third-order valence-electron chi connectivity index (χ3n) is 3.46. The molecule has 0 aliphatic carbocycles. The van der Waals surface area contributed by atoms with E-state index in [9.17, 15) is 4.79 Å². The van der Waals surface area contributed by atoms with Gasteiger partial charge in [0.1, 0.15) is 0 Å². The number of hydrogen-bond acceptors (Lipinski definition) is 1. The summed E-state index contributed by atoms with van der Waals surface area (Å²) in [4.78, 5) is 12.5. The molecule has 0 amide bonds. The molecule has 0 unspecified atom stereocenters. The zero-order valence-electron chi connectivity index (χ0n) is 11.1. The maximum Gasteiger partial charge on any atom is 0.168 e. The maximum absolute atomic E-state index is 12.5. The molecule has 0 aliphatic heterocycles. The molecule has 104 valence electrons. The molecule has 0 aromatic heterocycles. The van der Waals surface area contributed by atoms with Crippen LogP contribution in [0, 0.1) is 0 Å². The molecule has 0 aliphatic rings. The van der Waals surface area contributed by atoms with Crippen LogP contribution in [0.1, 0.15) is 15.9 Å². The highest BCUT2D eigenvalue weighted by atomic mass is 79.9. The Balaban J connectivity index is 1.97. The predicted octanol–water partition coefficient (Wildman–Crippen LogP) is 5.79.